The molecule has 0 bridgehead atoms. The second-order valence-corrected chi connectivity index (χ2v) is 3.75. The predicted octanol–water partition coefficient (Wildman–Crippen LogP) is -1.18. The molecular weight excluding hydrogens is 184 g/mol. The quantitative estimate of drug-likeness (QED) is 0.604. The fraction of sp³-hybridized carbons (Fsp3) is 0.889. The van der Waals surface area contributed by atoms with E-state index in [1.165, 1.54) is 14.0 Å². The highest BCUT2D eigenvalue weighted by molar-refractivity contribution is 5.84. The molecule has 1 aliphatic heterocycles. The minimum atomic E-state index is -1.40. The molecular formula is C9H18N2O3. The smallest absolute Gasteiger partial charge is 0.256 e. The minimum absolute atomic E-state index is 0.0375. The molecule has 14 heavy (non-hydrogen) atoms. The van der Waals surface area contributed by atoms with Gasteiger partial charge in [-0.05, 0) is 6.92 Å². The highest BCUT2D eigenvalue weighted by Gasteiger charge is 2.34. The average molecular weight is 202 g/mol. The molecule has 0 aromatic carbocycles. The van der Waals surface area contributed by atoms with Crippen LogP contribution < -0.4 is 5.32 Å². The molecule has 0 saturated carbocycles. The third kappa shape index (κ3) is 2.67. The number of hydrogen-bond acceptors (Lipinski definition) is 4. The molecule has 0 aromatic heterocycles. The maximum atomic E-state index is 11.8. The highest BCUT2D eigenvalue weighted by Crippen LogP contribution is 2.09. The maximum absolute atomic E-state index is 11.8. The van der Waals surface area contributed by atoms with Crippen molar-refractivity contribution in [3.63, 3.8) is 0 Å². The van der Waals surface area contributed by atoms with E-state index in [0.717, 1.165) is 13.1 Å². The Morgan fingerprint density at radius 3 is 2.64 bits per heavy atom. The fourth-order valence-electron chi connectivity index (χ4n) is 1.55. The van der Waals surface area contributed by atoms with Gasteiger partial charge in [0, 0.05) is 33.3 Å². The van der Waals surface area contributed by atoms with Gasteiger partial charge in [0.2, 0.25) is 0 Å². The van der Waals surface area contributed by atoms with Gasteiger partial charge in [0.15, 0.2) is 5.60 Å². The van der Waals surface area contributed by atoms with Crippen molar-refractivity contribution in [2.75, 3.05) is 39.9 Å². The van der Waals surface area contributed by atoms with Gasteiger partial charge in [-0.15, -0.1) is 0 Å². The molecule has 1 unspecified atom stereocenters. The van der Waals surface area contributed by atoms with Gasteiger partial charge >= 0.3 is 0 Å². The van der Waals surface area contributed by atoms with E-state index in [1.807, 2.05) is 0 Å². The SMILES string of the molecule is COCC(C)(O)C(=O)N1CCNCC1. The summed E-state index contributed by atoms with van der Waals surface area (Å²) in [4.78, 5) is 13.4. The van der Waals surface area contributed by atoms with Crippen molar-refractivity contribution in [3.05, 3.63) is 0 Å². The van der Waals surface area contributed by atoms with Gasteiger partial charge in [0.1, 0.15) is 0 Å². The van der Waals surface area contributed by atoms with E-state index in [4.69, 9.17) is 4.74 Å². The Labute approximate surface area is 84.0 Å². The normalized spacial score (nSPS) is 21.8. The Bertz CT molecular complexity index is 200. The van der Waals surface area contributed by atoms with Gasteiger partial charge in [0.05, 0.1) is 6.61 Å². The fourth-order valence-corrected chi connectivity index (χ4v) is 1.55. The molecule has 5 nitrogen and oxygen atoms in total. The molecule has 2 N–H and O–H groups in total. The van der Waals surface area contributed by atoms with Crippen LogP contribution in [0.15, 0.2) is 0 Å². The van der Waals surface area contributed by atoms with Crippen molar-refractivity contribution >= 4 is 5.91 Å². The van der Waals surface area contributed by atoms with E-state index < -0.39 is 5.60 Å². The topological polar surface area (TPSA) is 61.8 Å². The van der Waals surface area contributed by atoms with Gasteiger partial charge < -0.3 is 20.1 Å². The van der Waals surface area contributed by atoms with E-state index in [-0.39, 0.29) is 12.5 Å². The molecule has 82 valence electrons. The first-order valence-corrected chi connectivity index (χ1v) is 4.79. The van der Waals surface area contributed by atoms with Crippen LogP contribution >= 0.6 is 0 Å². The minimum Gasteiger partial charge on any atom is -0.381 e. The Balaban J connectivity index is 2.53. The Hall–Kier alpha value is -0.650. The van der Waals surface area contributed by atoms with Crippen LogP contribution in [-0.4, -0.2) is 61.4 Å². The second-order valence-electron chi connectivity index (χ2n) is 3.75. The summed E-state index contributed by atoms with van der Waals surface area (Å²) < 4.78 is 4.81. The standard InChI is InChI=1S/C9H18N2O3/c1-9(13,7-14-2)8(12)11-5-3-10-4-6-11/h10,13H,3-7H2,1-2H3. The maximum Gasteiger partial charge on any atom is 0.256 e. The molecule has 1 rings (SSSR count). The first-order valence-electron chi connectivity index (χ1n) is 4.79. The third-order valence-electron chi connectivity index (χ3n) is 2.29. The molecule has 1 aliphatic rings. The number of piperazine rings is 1. The number of methoxy groups -OCH3 is 1. The summed E-state index contributed by atoms with van der Waals surface area (Å²) in [6.07, 6.45) is 0. The lowest BCUT2D eigenvalue weighted by Crippen LogP contribution is -2.55. The van der Waals surface area contributed by atoms with Crippen molar-refractivity contribution in [1.29, 1.82) is 0 Å². The number of carbonyl (C=O) groups excluding carboxylic acids is 1. The molecule has 1 amide bonds. The Kier molecular flexibility index (Phi) is 3.86. The van der Waals surface area contributed by atoms with Crippen LogP contribution in [0.5, 0.6) is 0 Å². The largest absolute Gasteiger partial charge is 0.381 e. The van der Waals surface area contributed by atoms with Crippen LogP contribution in [-0.2, 0) is 9.53 Å². The molecule has 5 heteroatoms. The summed E-state index contributed by atoms with van der Waals surface area (Å²) in [5.41, 5.74) is -1.40. The van der Waals surface area contributed by atoms with Gasteiger partial charge in [-0.3, -0.25) is 4.79 Å². The van der Waals surface area contributed by atoms with E-state index >= 15 is 0 Å². The Morgan fingerprint density at radius 2 is 2.14 bits per heavy atom. The zero-order valence-electron chi connectivity index (χ0n) is 8.75. The number of ether oxygens (including phenoxy) is 1. The molecule has 0 radical (unpaired) electrons. The van der Waals surface area contributed by atoms with Gasteiger partial charge in [-0.2, -0.15) is 0 Å². The summed E-state index contributed by atoms with van der Waals surface area (Å²) in [5, 5.41) is 12.9. The molecule has 0 aliphatic carbocycles. The van der Waals surface area contributed by atoms with E-state index in [1.54, 1.807) is 4.90 Å². The van der Waals surface area contributed by atoms with Crippen LogP contribution in [0, 0.1) is 0 Å². The van der Waals surface area contributed by atoms with Gasteiger partial charge in [-0.25, -0.2) is 0 Å². The predicted molar refractivity (Wildman–Crippen MR) is 51.9 cm³/mol. The first-order chi connectivity index (χ1) is 6.58. The highest BCUT2D eigenvalue weighted by atomic mass is 16.5. The van der Waals surface area contributed by atoms with Crippen LogP contribution in [0.2, 0.25) is 0 Å². The molecule has 0 aromatic rings. The number of rotatable bonds is 3. The van der Waals surface area contributed by atoms with E-state index in [0.29, 0.717) is 13.1 Å². The van der Waals surface area contributed by atoms with Crippen LogP contribution in [0.4, 0.5) is 0 Å². The Morgan fingerprint density at radius 1 is 1.57 bits per heavy atom. The number of amides is 1. The summed E-state index contributed by atoms with van der Waals surface area (Å²) >= 11 is 0. The van der Waals surface area contributed by atoms with Crippen LogP contribution in [0.3, 0.4) is 0 Å². The number of aliphatic hydroxyl groups is 1. The van der Waals surface area contributed by atoms with Crippen LogP contribution in [0.25, 0.3) is 0 Å². The van der Waals surface area contributed by atoms with Gasteiger partial charge in [0.25, 0.3) is 5.91 Å². The third-order valence-corrected chi connectivity index (χ3v) is 2.29. The van der Waals surface area contributed by atoms with E-state index in [2.05, 4.69) is 5.32 Å². The van der Waals surface area contributed by atoms with Crippen LogP contribution in [0.1, 0.15) is 6.92 Å². The zero-order valence-corrected chi connectivity index (χ0v) is 8.75. The number of carbonyl (C=O) groups is 1. The number of nitrogens with one attached hydrogen (secondary N) is 1. The lowest BCUT2D eigenvalue weighted by molar-refractivity contribution is -0.155. The molecule has 1 fully saturated rings. The molecule has 1 atom stereocenters. The van der Waals surface area contributed by atoms with Crippen molar-refractivity contribution in [1.82, 2.24) is 10.2 Å². The molecule has 1 saturated heterocycles. The lowest BCUT2D eigenvalue weighted by Gasteiger charge is -2.33. The summed E-state index contributed by atoms with van der Waals surface area (Å²) in [7, 11) is 1.47. The second kappa shape index (κ2) is 4.72. The van der Waals surface area contributed by atoms with Gasteiger partial charge in [-0.1, -0.05) is 0 Å². The van der Waals surface area contributed by atoms with Crippen molar-refractivity contribution in [3.8, 4) is 0 Å². The monoisotopic (exact) mass is 202 g/mol. The number of hydrogen-bond donors (Lipinski definition) is 2. The lowest BCUT2D eigenvalue weighted by atomic mass is 10.1. The zero-order chi connectivity index (χ0) is 10.6. The summed E-state index contributed by atoms with van der Waals surface area (Å²) in [6.45, 7) is 4.40. The summed E-state index contributed by atoms with van der Waals surface area (Å²) in [5.74, 6) is -0.249. The molecule has 0 spiro atoms. The van der Waals surface area contributed by atoms with Crippen molar-refractivity contribution in [2.24, 2.45) is 0 Å². The summed E-state index contributed by atoms with van der Waals surface area (Å²) in [6, 6.07) is 0. The first kappa shape index (κ1) is 11.4. The average Bonchev–Trinajstić information content (AvgIpc) is 2.18. The van der Waals surface area contributed by atoms with Crippen molar-refractivity contribution in [2.45, 2.75) is 12.5 Å². The van der Waals surface area contributed by atoms with E-state index in [9.17, 15) is 9.90 Å². The van der Waals surface area contributed by atoms with Crippen molar-refractivity contribution < 1.29 is 14.6 Å². The molecule has 1 heterocycles. The number of nitrogens with zero attached hydrogens (tertiary/aromatic N) is 1.